The molecule has 3 atom stereocenters. The highest BCUT2D eigenvalue weighted by Gasteiger charge is 2.23. The number of rotatable bonds is 5. The molecule has 6 heteroatoms. The van der Waals surface area contributed by atoms with Gasteiger partial charge in [0.25, 0.3) is 5.91 Å². The molecule has 0 bridgehead atoms. The summed E-state index contributed by atoms with van der Waals surface area (Å²) in [5.74, 6) is 0.593. The van der Waals surface area contributed by atoms with E-state index in [1.807, 2.05) is 50.2 Å². The number of pyridine rings is 1. The van der Waals surface area contributed by atoms with Crippen LogP contribution in [0.1, 0.15) is 35.9 Å². The number of hydrogen-bond acceptors (Lipinski definition) is 5. The number of amides is 1. The standard InChI is InChI=1S/C20H25N3O3/c1-14-12-23(13-15(2)26-14)19-9-8-17(10-21-19)20(25)22-11-18(24)16-6-4-3-5-7-16/h3-10,14-15,18,24H,11-13H2,1-2H3,(H,22,25)/t14-,15+,18-/m0/s1. The summed E-state index contributed by atoms with van der Waals surface area (Å²) in [7, 11) is 0. The van der Waals surface area contributed by atoms with Gasteiger partial charge in [-0.2, -0.15) is 0 Å². The number of carbonyl (C=O) groups excluding carboxylic acids is 1. The number of nitrogens with one attached hydrogen (secondary N) is 1. The molecule has 1 fully saturated rings. The monoisotopic (exact) mass is 355 g/mol. The number of benzene rings is 1. The number of morpholine rings is 1. The van der Waals surface area contributed by atoms with Gasteiger partial charge >= 0.3 is 0 Å². The third-order valence-corrected chi connectivity index (χ3v) is 4.39. The van der Waals surface area contributed by atoms with Gasteiger partial charge in [-0.25, -0.2) is 4.98 Å². The molecule has 1 amide bonds. The van der Waals surface area contributed by atoms with Crippen LogP contribution in [0.5, 0.6) is 0 Å². The van der Waals surface area contributed by atoms with Crippen LogP contribution in [0, 0.1) is 0 Å². The lowest BCUT2D eigenvalue weighted by molar-refractivity contribution is -0.00546. The van der Waals surface area contributed by atoms with E-state index in [9.17, 15) is 9.90 Å². The SMILES string of the molecule is C[C@@H]1CN(c2ccc(C(=O)NC[C@H](O)c3ccccc3)cn2)C[C@H](C)O1. The summed E-state index contributed by atoms with van der Waals surface area (Å²) in [6.45, 7) is 5.81. The van der Waals surface area contributed by atoms with Gasteiger partial charge in [0.1, 0.15) is 5.82 Å². The van der Waals surface area contributed by atoms with Gasteiger partial charge in [-0.1, -0.05) is 30.3 Å². The van der Waals surface area contributed by atoms with Crippen molar-refractivity contribution in [2.75, 3.05) is 24.5 Å². The van der Waals surface area contributed by atoms with Crippen molar-refractivity contribution < 1.29 is 14.6 Å². The Labute approximate surface area is 153 Å². The normalized spacial score (nSPS) is 21.3. The van der Waals surface area contributed by atoms with E-state index in [0.717, 1.165) is 24.5 Å². The first-order valence-corrected chi connectivity index (χ1v) is 8.90. The zero-order chi connectivity index (χ0) is 18.5. The average molecular weight is 355 g/mol. The Morgan fingerprint density at radius 1 is 1.23 bits per heavy atom. The van der Waals surface area contributed by atoms with Crippen molar-refractivity contribution in [2.24, 2.45) is 0 Å². The maximum absolute atomic E-state index is 12.3. The Kier molecular flexibility index (Phi) is 5.85. The summed E-state index contributed by atoms with van der Waals surface area (Å²) < 4.78 is 5.73. The maximum atomic E-state index is 12.3. The molecule has 3 rings (SSSR count). The summed E-state index contributed by atoms with van der Waals surface area (Å²) in [4.78, 5) is 18.9. The molecule has 0 unspecified atom stereocenters. The van der Waals surface area contributed by atoms with E-state index in [2.05, 4.69) is 15.2 Å². The second-order valence-electron chi connectivity index (χ2n) is 6.70. The minimum absolute atomic E-state index is 0.156. The van der Waals surface area contributed by atoms with Crippen LogP contribution in [0.4, 0.5) is 5.82 Å². The Morgan fingerprint density at radius 3 is 2.54 bits per heavy atom. The molecule has 1 aromatic carbocycles. The van der Waals surface area contributed by atoms with Gasteiger partial charge in [0, 0.05) is 25.8 Å². The van der Waals surface area contributed by atoms with Crippen LogP contribution in [0.15, 0.2) is 48.7 Å². The third-order valence-electron chi connectivity index (χ3n) is 4.39. The molecule has 0 spiro atoms. The number of hydrogen-bond donors (Lipinski definition) is 2. The minimum atomic E-state index is -0.733. The fourth-order valence-electron chi connectivity index (χ4n) is 3.16. The summed E-state index contributed by atoms with van der Waals surface area (Å²) in [6, 6.07) is 12.9. The predicted molar refractivity (Wildman–Crippen MR) is 100 cm³/mol. The topological polar surface area (TPSA) is 74.7 Å². The van der Waals surface area contributed by atoms with Crippen LogP contribution < -0.4 is 10.2 Å². The fraction of sp³-hybridized carbons (Fsp3) is 0.400. The van der Waals surface area contributed by atoms with Crippen LogP contribution in [-0.4, -0.2) is 47.8 Å². The molecule has 1 aliphatic heterocycles. The van der Waals surface area contributed by atoms with Gasteiger partial charge in [-0.3, -0.25) is 4.79 Å². The van der Waals surface area contributed by atoms with E-state index in [0.29, 0.717) is 5.56 Å². The van der Waals surface area contributed by atoms with Gasteiger partial charge in [-0.15, -0.1) is 0 Å². The molecule has 1 saturated heterocycles. The number of carbonyl (C=O) groups is 1. The van der Waals surface area contributed by atoms with Gasteiger partial charge in [-0.05, 0) is 31.5 Å². The molecule has 2 aromatic rings. The lowest BCUT2D eigenvalue weighted by Gasteiger charge is -2.36. The quantitative estimate of drug-likeness (QED) is 0.860. The Bertz CT molecular complexity index is 711. The molecule has 2 heterocycles. The molecule has 26 heavy (non-hydrogen) atoms. The molecule has 1 aromatic heterocycles. The van der Waals surface area contributed by atoms with Gasteiger partial charge in [0.2, 0.25) is 0 Å². The number of ether oxygens (including phenoxy) is 1. The van der Waals surface area contributed by atoms with Crippen LogP contribution in [-0.2, 0) is 4.74 Å². The number of aliphatic hydroxyl groups excluding tert-OH is 1. The lowest BCUT2D eigenvalue weighted by atomic mass is 10.1. The van der Waals surface area contributed by atoms with E-state index in [-0.39, 0.29) is 24.7 Å². The van der Waals surface area contributed by atoms with E-state index >= 15 is 0 Å². The van der Waals surface area contributed by atoms with Gasteiger partial charge < -0.3 is 20.1 Å². The molecule has 6 nitrogen and oxygen atoms in total. The number of anilines is 1. The highest BCUT2D eigenvalue weighted by molar-refractivity contribution is 5.94. The van der Waals surface area contributed by atoms with Gasteiger partial charge in [0.15, 0.2) is 0 Å². The van der Waals surface area contributed by atoms with E-state index in [4.69, 9.17) is 4.74 Å². The highest BCUT2D eigenvalue weighted by atomic mass is 16.5. The fourth-order valence-corrected chi connectivity index (χ4v) is 3.16. The molecule has 1 aliphatic rings. The summed E-state index contributed by atoms with van der Waals surface area (Å²) >= 11 is 0. The van der Waals surface area contributed by atoms with Crippen molar-refractivity contribution in [1.82, 2.24) is 10.3 Å². The third kappa shape index (κ3) is 4.59. The summed E-state index contributed by atoms with van der Waals surface area (Å²) in [6.07, 6.45) is 1.15. The highest BCUT2D eigenvalue weighted by Crippen LogP contribution is 2.18. The molecular formula is C20H25N3O3. The van der Waals surface area contributed by atoms with Crippen LogP contribution >= 0.6 is 0 Å². The molecule has 0 saturated carbocycles. The predicted octanol–water partition coefficient (Wildman–Crippen LogP) is 2.16. The Hall–Kier alpha value is -2.44. The Morgan fingerprint density at radius 2 is 1.92 bits per heavy atom. The average Bonchev–Trinajstić information content (AvgIpc) is 2.66. The van der Waals surface area contributed by atoms with Crippen molar-refractivity contribution in [3.63, 3.8) is 0 Å². The van der Waals surface area contributed by atoms with Crippen LogP contribution in [0.2, 0.25) is 0 Å². The molecule has 138 valence electrons. The second-order valence-corrected chi connectivity index (χ2v) is 6.70. The smallest absolute Gasteiger partial charge is 0.252 e. The van der Waals surface area contributed by atoms with Crippen molar-refractivity contribution in [3.8, 4) is 0 Å². The lowest BCUT2D eigenvalue weighted by Crippen LogP contribution is -2.45. The summed E-state index contributed by atoms with van der Waals surface area (Å²) in [5.41, 5.74) is 1.25. The first-order valence-electron chi connectivity index (χ1n) is 8.90. The molecular weight excluding hydrogens is 330 g/mol. The second kappa shape index (κ2) is 8.29. The number of aromatic nitrogens is 1. The van der Waals surface area contributed by atoms with Crippen molar-refractivity contribution in [2.45, 2.75) is 32.2 Å². The largest absolute Gasteiger partial charge is 0.387 e. The first-order chi connectivity index (χ1) is 12.5. The van der Waals surface area contributed by atoms with Crippen LogP contribution in [0.25, 0.3) is 0 Å². The molecule has 2 N–H and O–H groups in total. The zero-order valence-corrected chi connectivity index (χ0v) is 15.1. The maximum Gasteiger partial charge on any atom is 0.252 e. The van der Waals surface area contributed by atoms with Crippen LogP contribution in [0.3, 0.4) is 0 Å². The van der Waals surface area contributed by atoms with E-state index in [1.165, 1.54) is 0 Å². The molecule has 0 radical (unpaired) electrons. The Balaban J connectivity index is 1.57. The van der Waals surface area contributed by atoms with E-state index in [1.54, 1.807) is 12.3 Å². The first kappa shape index (κ1) is 18.4. The van der Waals surface area contributed by atoms with Crippen molar-refractivity contribution in [1.29, 1.82) is 0 Å². The zero-order valence-electron chi connectivity index (χ0n) is 15.1. The van der Waals surface area contributed by atoms with Gasteiger partial charge in [0.05, 0.1) is 23.9 Å². The van der Waals surface area contributed by atoms with E-state index < -0.39 is 6.10 Å². The minimum Gasteiger partial charge on any atom is -0.387 e. The number of nitrogens with zero attached hydrogens (tertiary/aromatic N) is 2. The van der Waals surface area contributed by atoms with Crippen molar-refractivity contribution >= 4 is 11.7 Å². The summed E-state index contributed by atoms with van der Waals surface area (Å²) in [5, 5.41) is 12.9. The molecule has 0 aliphatic carbocycles. The van der Waals surface area contributed by atoms with Crippen molar-refractivity contribution in [3.05, 3.63) is 59.8 Å². The number of aliphatic hydroxyl groups is 1.